The summed E-state index contributed by atoms with van der Waals surface area (Å²) in [6.45, 7) is 4.75. The van der Waals surface area contributed by atoms with Crippen molar-refractivity contribution in [1.82, 2.24) is 11.0 Å². The first-order valence-electron chi connectivity index (χ1n) is 7.09. The molecule has 4 heteroatoms. The second kappa shape index (κ2) is 5.89. The average Bonchev–Trinajstić information content (AvgIpc) is 2.98. The van der Waals surface area contributed by atoms with E-state index in [1.165, 1.54) is 5.56 Å². The normalized spacial score (nSPS) is 13.8. The number of aryl methyl sites for hydroxylation is 1. The Morgan fingerprint density at radius 2 is 1.95 bits per heavy atom. The average molecular weight is 281 g/mol. The van der Waals surface area contributed by atoms with E-state index in [1.807, 2.05) is 48.5 Å². The third kappa shape index (κ3) is 2.85. The van der Waals surface area contributed by atoms with E-state index in [4.69, 9.17) is 4.74 Å². The van der Waals surface area contributed by atoms with Crippen LogP contribution in [0.25, 0.3) is 5.70 Å². The molecule has 3 rings (SSSR count). The van der Waals surface area contributed by atoms with Crippen molar-refractivity contribution in [2.45, 2.75) is 13.8 Å². The molecule has 0 aromatic heterocycles. The van der Waals surface area contributed by atoms with Gasteiger partial charge in [-0.05, 0) is 37.6 Å². The minimum absolute atomic E-state index is 0.670. The number of nitrogens with zero attached hydrogens (tertiary/aromatic N) is 1. The van der Waals surface area contributed by atoms with Crippen LogP contribution >= 0.6 is 0 Å². The molecule has 0 fully saturated rings. The number of hydrogen-bond donors (Lipinski definition) is 2. The Labute approximate surface area is 125 Å². The minimum Gasteiger partial charge on any atom is -0.494 e. The number of hydrogen-bond acceptors (Lipinski definition) is 4. The molecule has 0 bridgehead atoms. The molecule has 0 saturated heterocycles. The SMILES string of the molecule is CCOc1cccc(C2=CN(c3ccccc3C)NN2)c1. The molecule has 2 aromatic carbocycles. The van der Waals surface area contributed by atoms with Crippen LogP contribution in [-0.2, 0) is 0 Å². The fourth-order valence-corrected chi connectivity index (χ4v) is 2.34. The summed E-state index contributed by atoms with van der Waals surface area (Å²) >= 11 is 0. The van der Waals surface area contributed by atoms with Gasteiger partial charge in [-0.15, -0.1) is 5.53 Å². The van der Waals surface area contributed by atoms with Crippen LogP contribution in [0, 0.1) is 6.92 Å². The molecule has 2 aromatic rings. The van der Waals surface area contributed by atoms with Crippen molar-refractivity contribution in [3.05, 3.63) is 65.9 Å². The second-order valence-electron chi connectivity index (χ2n) is 4.90. The highest BCUT2D eigenvalue weighted by molar-refractivity contribution is 5.71. The number of para-hydroxylation sites is 1. The van der Waals surface area contributed by atoms with Crippen LogP contribution in [0.2, 0.25) is 0 Å². The summed E-state index contributed by atoms with van der Waals surface area (Å²) in [6, 6.07) is 16.3. The zero-order valence-electron chi connectivity index (χ0n) is 12.3. The first-order valence-corrected chi connectivity index (χ1v) is 7.09. The van der Waals surface area contributed by atoms with Gasteiger partial charge in [0.25, 0.3) is 0 Å². The molecule has 1 aliphatic heterocycles. The van der Waals surface area contributed by atoms with Gasteiger partial charge in [-0.3, -0.25) is 5.01 Å². The number of nitrogens with one attached hydrogen (secondary N) is 2. The molecular weight excluding hydrogens is 262 g/mol. The fourth-order valence-electron chi connectivity index (χ4n) is 2.34. The van der Waals surface area contributed by atoms with Crippen molar-refractivity contribution in [2.24, 2.45) is 0 Å². The quantitative estimate of drug-likeness (QED) is 0.902. The topological polar surface area (TPSA) is 36.5 Å². The molecule has 0 aliphatic carbocycles. The highest BCUT2D eigenvalue weighted by Crippen LogP contribution is 2.25. The Balaban J connectivity index is 1.86. The summed E-state index contributed by atoms with van der Waals surface area (Å²) in [5.41, 5.74) is 10.8. The van der Waals surface area contributed by atoms with E-state index < -0.39 is 0 Å². The third-order valence-electron chi connectivity index (χ3n) is 3.40. The van der Waals surface area contributed by atoms with Gasteiger partial charge < -0.3 is 10.2 Å². The summed E-state index contributed by atoms with van der Waals surface area (Å²) < 4.78 is 5.55. The fraction of sp³-hybridized carbons (Fsp3) is 0.176. The van der Waals surface area contributed by atoms with Gasteiger partial charge in [0.05, 0.1) is 18.0 Å². The van der Waals surface area contributed by atoms with E-state index in [9.17, 15) is 0 Å². The second-order valence-corrected chi connectivity index (χ2v) is 4.90. The molecule has 2 N–H and O–H groups in total. The van der Waals surface area contributed by atoms with Gasteiger partial charge in [0.1, 0.15) is 5.75 Å². The Hall–Kier alpha value is -2.46. The predicted molar refractivity (Wildman–Crippen MR) is 85.5 cm³/mol. The van der Waals surface area contributed by atoms with Crippen LogP contribution in [0.15, 0.2) is 54.7 Å². The first-order chi connectivity index (χ1) is 10.3. The summed E-state index contributed by atoms with van der Waals surface area (Å²) in [5.74, 6) is 0.882. The van der Waals surface area contributed by atoms with Crippen molar-refractivity contribution in [3.8, 4) is 5.75 Å². The van der Waals surface area contributed by atoms with Crippen LogP contribution in [-0.4, -0.2) is 6.61 Å². The molecule has 0 atom stereocenters. The van der Waals surface area contributed by atoms with Crippen molar-refractivity contribution >= 4 is 11.4 Å². The molecule has 0 unspecified atom stereocenters. The zero-order valence-corrected chi connectivity index (χ0v) is 12.3. The maximum Gasteiger partial charge on any atom is 0.119 e. The molecule has 1 heterocycles. The lowest BCUT2D eigenvalue weighted by Crippen LogP contribution is -2.36. The van der Waals surface area contributed by atoms with E-state index in [0.29, 0.717) is 6.61 Å². The molecule has 108 valence electrons. The van der Waals surface area contributed by atoms with Gasteiger partial charge in [-0.1, -0.05) is 30.3 Å². The van der Waals surface area contributed by atoms with Crippen LogP contribution in [0.4, 0.5) is 5.69 Å². The van der Waals surface area contributed by atoms with Gasteiger partial charge in [0, 0.05) is 11.8 Å². The monoisotopic (exact) mass is 281 g/mol. The maximum atomic E-state index is 5.55. The lowest BCUT2D eigenvalue weighted by Gasteiger charge is -2.17. The number of benzene rings is 2. The van der Waals surface area contributed by atoms with Gasteiger partial charge in [-0.2, -0.15) is 0 Å². The first kappa shape index (κ1) is 13.5. The molecule has 0 amide bonds. The Morgan fingerprint density at radius 3 is 2.76 bits per heavy atom. The minimum atomic E-state index is 0.670. The van der Waals surface area contributed by atoms with Crippen molar-refractivity contribution in [2.75, 3.05) is 11.6 Å². The smallest absolute Gasteiger partial charge is 0.119 e. The number of hydrazine groups is 2. The van der Waals surface area contributed by atoms with Crippen LogP contribution in [0.5, 0.6) is 5.75 Å². The van der Waals surface area contributed by atoms with Gasteiger partial charge in [0.2, 0.25) is 0 Å². The predicted octanol–water partition coefficient (Wildman–Crippen LogP) is 3.22. The highest BCUT2D eigenvalue weighted by atomic mass is 16.5. The van der Waals surface area contributed by atoms with E-state index in [2.05, 4.69) is 36.1 Å². The van der Waals surface area contributed by atoms with Crippen molar-refractivity contribution < 1.29 is 4.74 Å². The number of rotatable bonds is 4. The summed E-state index contributed by atoms with van der Waals surface area (Å²) in [5, 5.41) is 1.98. The molecule has 0 saturated carbocycles. The van der Waals surface area contributed by atoms with Crippen molar-refractivity contribution in [1.29, 1.82) is 0 Å². The summed E-state index contributed by atoms with van der Waals surface area (Å²) in [6.07, 6.45) is 2.05. The van der Waals surface area contributed by atoms with E-state index in [0.717, 1.165) is 22.7 Å². The van der Waals surface area contributed by atoms with Gasteiger partial charge >= 0.3 is 0 Å². The summed E-state index contributed by atoms with van der Waals surface area (Å²) in [7, 11) is 0. The number of ether oxygens (including phenoxy) is 1. The largest absolute Gasteiger partial charge is 0.494 e. The van der Waals surface area contributed by atoms with Crippen LogP contribution < -0.4 is 20.7 Å². The Morgan fingerprint density at radius 1 is 1.10 bits per heavy atom. The highest BCUT2D eigenvalue weighted by Gasteiger charge is 2.15. The van der Waals surface area contributed by atoms with Crippen molar-refractivity contribution in [3.63, 3.8) is 0 Å². The lowest BCUT2D eigenvalue weighted by molar-refractivity contribution is 0.340. The van der Waals surface area contributed by atoms with E-state index in [1.54, 1.807) is 0 Å². The van der Waals surface area contributed by atoms with Crippen LogP contribution in [0.3, 0.4) is 0 Å². The molecule has 1 aliphatic rings. The maximum absolute atomic E-state index is 5.55. The molecular formula is C17H19N3O. The third-order valence-corrected chi connectivity index (χ3v) is 3.40. The van der Waals surface area contributed by atoms with Crippen LogP contribution in [0.1, 0.15) is 18.1 Å². The van der Waals surface area contributed by atoms with Gasteiger partial charge in [0.15, 0.2) is 0 Å². The zero-order chi connectivity index (χ0) is 14.7. The molecule has 0 spiro atoms. The Bertz CT molecular complexity index is 667. The summed E-state index contributed by atoms with van der Waals surface area (Å²) in [4.78, 5) is 0. The molecule has 4 nitrogen and oxygen atoms in total. The van der Waals surface area contributed by atoms with E-state index in [-0.39, 0.29) is 0 Å². The molecule has 21 heavy (non-hydrogen) atoms. The lowest BCUT2D eigenvalue weighted by atomic mass is 10.1. The Kier molecular flexibility index (Phi) is 3.79. The van der Waals surface area contributed by atoms with Gasteiger partial charge in [-0.25, -0.2) is 0 Å². The standard InChI is InChI=1S/C17H19N3O/c1-3-21-15-9-6-8-14(11-15)16-12-20(19-18-16)17-10-5-4-7-13(17)2/h4-12,18-19H,3H2,1-2H3. The van der Waals surface area contributed by atoms with E-state index >= 15 is 0 Å². The number of anilines is 1. The molecule has 0 radical (unpaired) electrons.